The zero-order valence-electron chi connectivity index (χ0n) is 12.0. The predicted molar refractivity (Wildman–Crippen MR) is 88.3 cm³/mol. The van der Waals surface area contributed by atoms with Gasteiger partial charge in [-0.25, -0.2) is 4.39 Å². The predicted octanol–water partition coefficient (Wildman–Crippen LogP) is 4.02. The number of anilines is 3. The number of hydrogen-bond acceptors (Lipinski definition) is 5. The Morgan fingerprint density at radius 1 is 1.09 bits per heavy atom. The van der Waals surface area contributed by atoms with Gasteiger partial charge in [-0.1, -0.05) is 29.8 Å². The van der Waals surface area contributed by atoms with Gasteiger partial charge in [-0.2, -0.15) is 10.1 Å². The summed E-state index contributed by atoms with van der Waals surface area (Å²) in [5.41, 5.74) is 1.71. The maximum Gasteiger partial charge on any atom is 0.249 e. The quantitative estimate of drug-likeness (QED) is 0.740. The molecule has 0 saturated heterocycles. The normalized spacial score (nSPS) is 10.3. The smallest absolute Gasteiger partial charge is 0.249 e. The number of rotatable bonds is 5. The summed E-state index contributed by atoms with van der Waals surface area (Å²) in [5, 5.41) is 14.6. The van der Waals surface area contributed by atoms with E-state index in [9.17, 15) is 4.39 Å². The second-order valence-corrected chi connectivity index (χ2v) is 5.22. The third-order valence-electron chi connectivity index (χ3n) is 3.03. The van der Waals surface area contributed by atoms with Crippen molar-refractivity contribution in [3.8, 4) is 0 Å². The van der Waals surface area contributed by atoms with Crippen LogP contribution in [0.5, 0.6) is 0 Å². The molecule has 0 saturated carbocycles. The van der Waals surface area contributed by atoms with Crippen molar-refractivity contribution in [1.29, 1.82) is 0 Å². The first-order valence-corrected chi connectivity index (χ1v) is 7.27. The number of aromatic nitrogens is 3. The summed E-state index contributed by atoms with van der Waals surface area (Å²) in [5.74, 6) is 0.663. The van der Waals surface area contributed by atoms with Gasteiger partial charge >= 0.3 is 0 Å². The number of hydrogen-bond donors (Lipinski definition) is 2. The average Bonchev–Trinajstić information content (AvgIpc) is 2.55. The summed E-state index contributed by atoms with van der Waals surface area (Å²) in [4.78, 5) is 4.32. The number of halogens is 2. The molecule has 3 aromatic rings. The second kappa shape index (κ2) is 7.02. The monoisotopic (exact) mass is 329 g/mol. The molecule has 7 heteroatoms. The highest BCUT2D eigenvalue weighted by molar-refractivity contribution is 6.30. The Morgan fingerprint density at radius 2 is 1.91 bits per heavy atom. The lowest BCUT2D eigenvalue weighted by atomic mass is 10.2. The van der Waals surface area contributed by atoms with Crippen LogP contribution in [-0.2, 0) is 6.54 Å². The van der Waals surface area contributed by atoms with Crippen LogP contribution in [0.1, 0.15) is 5.56 Å². The summed E-state index contributed by atoms with van der Waals surface area (Å²) in [6, 6.07) is 13.5. The van der Waals surface area contributed by atoms with Gasteiger partial charge in [-0.05, 0) is 35.9 Å². The first-order valence-electron chi connectivity index (χ1n) is 6.90. The van der Waals surface area contributed by atoms with Crippen molar-refractivity contribution in [2.75, 3.05) is 10.6 Å². The largest absolute Gasteiger partial charge is 0.365 e. The maximum atomic E-state index is 12.9. The van der Waals surface area contributed by atoms with Crippen molar-refractivity contribution in [1.82, 2.24) is 15.2 Å². The van der Waals surface area contributed by atoms with E-state index in [1.165, 1.54) is 18.3 Å². The van der Waals surface area contributed by atoms with Gasteiger partial charge in [-0.3, -0.25) is 0 Å². The van der Waals surface area contributed by atoms with Gasteiger partial charge in [0.1, 0.15) is 5.82 Å². The Bertz CT molecular complexity index is 794. The molecule has 0 amide bonds. The zero-order chi connectivity index (χ0) is 16.1. The highest BCUT2D eigenvalue weighted by Gasteiger charge is 2.02. The number of nitrogens with one attached hydrogen (secondary N) is 2. The SMILES string of the molecule is Fc1ccc(CNc2cnnc(Nc3cccc(Cl)c3)n2)cc1. The fourth-order valence-electron chi connectivity index (χ4n) is 1.93. The van der Waals surface area contributed by atoms with Gasteiger partial charge in [0.25, 0.3) is 0 Å². The zero-order valence-corrected chi connectivity index (χ0v) is 12.8. The minimum Gasteiger partial charge on any atom is -0.365 e. The molecule has 0 aliphatic carbocycles. The molecule has 2 aromatic carbocycles. The molecule has 0 spiro atoms. The van der Waals surface area contributed by atoms with Crippen LogP contribution in [-0.4, -0.2) is 15.2 Å². The molecular formula is C16H13ClFN5. The third-order valence-corrected chi connectivity index (χ3v) is 3.26. The lowest BCUT2D eigenvalue weighted by Crippen LogP contribution is -2.05. The van der Waals surface area contributed by atoms with E-state index < -0.39 is 0 Å². The highest BCUT2D eigenvalue weighted by atomic mass is 35.5. The van der Waals surface area contributed by atoms with Crippen LogP contribution in [0, 0.1) is 5.82 Å². The fraction of sp³-hybridized carbons (Fsp3) is 0.0625. The van der Waals surface area contributed by atoms with Gasteiger partial charge in [0.05, 0.1) is 6.20 Å². The number of benzene rings is 2. The molecule has 0 aliphatic heterocycles. The lowest BCUT2D eigenvalue weighted by Gasteiger charge is -2.08. The van der Waals surface area contributed by atoms with Crippen LogP contribution in [0.4, 0.5) is 21.8 Å². The molecular weight excluding hydrogens is 317 g/mol. The van der Waals surface area contributed by atoms with Crippen LogP contribution < -0.4 is 10.6 Å². The van der Waals surface area contributed by atoms with Crippen molar-refractivity contribution in [3.63, 3.8) is 0 Å². The van der Waals surface area contributed by atoms with E-state index in [2.05, 4.69) is 25.8 Å². The molecule has 0 radical (unpaired) electrons. The van der Waals surface area contributed by atoms with Crippen molar-refractivity contribution < 1.29 is 4.39 Å². The molecule has 116 valence electrons. The van der Waals surface area contributed by atoms with E-state index in [1.807, 2.05) is 12.1 Å². The first-order chi connectivity index (χ1) is 11.2. The molecule has 0 atom stereocenters. The summed E-state index contributed by atoms with van der Waals surface area (Å²) in [6.07, 6.45) is 1.52. The van der Waals surface area contributed by atoms with Crippen LogP contribution in [0.25, 0.3) is 0 Å². The van der Waals surface area contributed by atoms with E-state index in [1.54, 1.807) is 24.3 Å². The van der Waals surface area contributed by atoms with Crippen molar-refractivity contribution in [2.24, 2.45) is 0 Å². The number of nitrogens with zero attached hydrogens (tertiary/aromatic N) is 3. The average molecular weight is 330 g/mol. The van der Waals surface area contributed by atoms with Crippen LogP contribution in [0.3, 0.4) is 0 Å². The fourth-order valence-corrected chi connectivity index (χ4v) is 2.12. The van der Waals surface area contributed by atoms with Crippen molar-refractivity contribution in [3.05, 3.63) is 71.1 Å². The van der Waals surface area contributed by atoms with E-state index >= 15 is 0 Å². The van der Waals surface area contributed by atoms with Gasteiger partial charge < -0.3 is 10.6 Å². The Labute approximate surface area is 137 Å². The minimum absolute atomic E-state index is 0.259. The molecule has 0 bridgehead atoms. The van der Waals surface area contributed by atoms with E-state index in [4.69, 9.17) is 11.6 Å². The first kappa shape index (κ1) is 15.2. The van der Waals surface area contributed by atoms with Crippen LogP contribution in [0.2, 0.25) is 5.02 Å². The summed E-state index contributed by atoms with van der Waals surface area (Å²) in [7, 11) is 0. The summed E-state index contributed by atoms with van der Waals surface area (Å²) in [6.45, 7) is 0.510. The van der Waals surface area contributed by atoms with Gasteiger partial charge in [0, 0.05) is 17.3 Å². The van der Waals surface area contributed by atoms with Crippen molar-refractivity contribution in [2.45, 2.75) is 6.54 Å². The molecule has 5 nitrogen and oxygen atoms in total. The van der Waals surface area contributed by atoms with Gasteiger partial charge in [-0.15, -0.1) is 5.10 Å². The summed E-state index contributed by atoms with van der Waals surface area (Å²) < 4.78 is 12.9. The summed E-state index contributed by atoms with van der Waals surface area (Å²) >= 11 is 5.94. The van der Waals surface area contributed by atoms with E-state index in [-0.39, 0.29) is 5.82 Å². The lowest BCUT2D eigenvalue weighted by molar-refractivity contribution is 0.627. The molecule has 23 heavy (non-hydrogen) atoms. The van der Waals surface area contributed by atoms with Crippen LogP contribution >= 0.6 is 11.6 Å². The van der Waals surface area contributed by atoms with Gasteiger partial charge in [0.15, 0.2) is 5.82 Å². The molecule has 3 rings (SSSR count). The Kier molecular flexibility index (Phi) is 4.63. The minimum atomic E-state index is -0.259. The highest BCUT2D eigenvalue weighted by Crippen LogP contribution is 2.18. The maximum absolute atomic E-state index is 12.9. The van der Waals surface area contributed by atoms with E-state index in [0.717, 1.165) is 11.3 Å². The molecule has 0 aliphatic rings. The Morgan fingerprint density at radius 3 is 2.70 bits per heavy atom. The van der Waals surface area contributed by atoms with E-state index in [0.29, 0.717) is 23.3 Å². The van der Waals surface area contributed by atoms with Crippen LogP contribution in [0.15, 0.2) is 54.7 Å². The van der Waals surface area contributed by atoms with Crippen molar-refractivity contribution >= 4 is 29.1 Å². The molecule has 1 aromatic heterocycles. The molecule has 2 N–H and O–H groups in total. The molecule has 0 fully saturated rings. The Hall–Kier alpha value is -2.73. The second-order valence-electron chi connectivity index (χ2n) is 4.78. The topological polar surface area (TPSA) is 62.7 Å². The van der Waals surface area contributed by atoms with Gasteiger partial charge in [0.2, 0.25) is 5.95 Å². The Balaban J connectivity index is 1.66. The molecule has 1 heterocycles. The molecule has 0 unspecified atom stereocenters. The standard InChI is InChI=1S/C16H13ClFN5/c17-12-2-1-3-14(8-12)21-16-22-15(10-20-23-16)19-9-11-4-6-13(18)7-5-11/h1-8,10H,9H2,(H2,19,21,22,23). The third kappa shape index (κ3) is 4.37.